The smallest absolute Gasteiger partial charge is 0.358 e. The molecular weight excluding hydrogens is 208 g/mol. The fourth-order valence-corrected chi connectivity index (χ4v) is 1.26. The maximum atomic E-state index is 10.4. The van der Waals surface area contributed by atoms with Crippen molar-refractivity contribution in [2.45, 2.75) is 13.0 Å². The van der Waals surface area contributed by atoms with Gasteiger partial charge in [0, 0.05) is 0 Å². The lowest BCUT2D eigenvalue weighted by Gasteiger charge is -1.95. The summed E-state index contributed by atoms with van der Waals surface area (Å²) < 4.78 is 1.48. The van der Waals surface area contributed by atoms with Gasteiger partial charge < -0.3 is 15.4 Å². The molecule has 0 amide bonds. The maximum absolute atomic E-state index is 10.4. The Morgan fingerprint density at radius 3 is 3.00 bits per heavy atom. The number of aromatic nitrogens is 2. The fourth-order valence-electron chi connectivity index (χ4n) is 1.04. The van der Waals surface area contributed by atoms with E-state index in [1.165, 1.54) is 10.9 Å². The molecule has 0 saturated carbocycles. The summed E-state index contributed by atoms with van der Waals surface area (Å²) in [7, 11) is 1.85. The molecule has 0 aromatic carbocycles. The van der Waals surface area contributed by atoms with Crippen LogP contribution in [0.4, 0.5) is 5.82 Å². The van der Waals surface area contributed by atoms with Crippen molar-refractivity contribution >= 4 is 17.4 Å². The monoisotopic (exact) mass is 218 g/mol. The van der Waals surface area contributed by atoms with E-state index in [0.29, 0.717) is 6.54 Å². The zero-order chi connectivity index (χ0) is 10.6. The molecule has 0 saturated heterocycles. The minimum Gasteiger partial charge on any atom is -0.358 e. The summed E-state index contributed by atoms with van der Waals surface area (Å²) >= 11 is 5.61. The number of rotatable bonds is 5. The van der Waals surface area contributed by atoms with Crippen molar-refractivity contribution in [1.82, 2.24) is 15.1 Å². The Balaban J connectivity index is 2.62. The average molecular weight is 219 g/mol. The van der Waals surface area contributed by atoms with Crippen LogP contribution in [0.1, 0.15) is 6.42 Å². The second kappa shape index (κ2) is 4.92. The van der Waals surface area contributed by atoms with E-state index in [2.05, 4.69) is 10.4 Å². The average Bonchev–Trinajstić information content (AvgIpc) is 2.47. The molecule has 0 spiro atoms. The van der Waals surface area contributed by atoms with Crippen LogP contribution in [0.5, 0.6) is 0 Å². The number of hydrogen-bond donors (Lipinski definition) is 1. The van der Waals surface area contributed by atoms with Crippen molar-refractivity contribution in [2.24, 2.45) is 0 Å². The fraction of sp³-hybridized carbons (Fsp3) is 0.571. The van der Waals surface area contributed by atoms with Crippen LogP contribution >= 0.6 is 11.6 Å². The summed E-state index contributed by atoms with van der Waals surface area (Å²) in [5.41, 5.74) is 0. The molecule has 6 nitrogen and oxygen atoms in total. The van der Waals surface area contributed by atoms with Crippen LogP contribution < -0.4 is 5.32 Å². The van der Waals surface area contributed by atoms with Gasteiger partial charge in [-0.3, -0.25) is 0 Å². The third kappa shape index (κ3) is 2.68. The molecule has 0 fully saturated rings. The lowest BCUT2D eigenvalue weighted by atomic mass is 10.4. The molecule has 1 aromatic heterocycles. The highest BCUT2D eigenvalue weighted by atomic mass is 35.5. The second-order valence-electron chi connectivity index (χ2n) is 2.78. The largest absolute Gasteiger partial charge is 0.408 e. The third-order valence-corrected chi connectivity index (χ3v) is 1.95. The van der Waals surface area contributed by atoms with Crippen molar-refractivity contribution < 1.29 is 4.92 Å². The highest BCUT2D eigenvalue weighted by Crippen LogP contribution is 2.21. The van der Waals surface area contributed by atoms with Crippen LogP contribution in [0.25, 0.3) is 0 Å². The minimum absolute atomic E-state index is 0.0828. The molecule has 0 radical (unpaired) electrons. The Hall–Kier alpha value is -1.14. The van der Waals surface area contributed by atoms with Gasteiger partial charge in [0.2, 0.25) is 0 Å². The molecule has 0 bridgehead atoms. The van der Waals surface area contributed by atoms with E-state index in [9.17, 15) is 10.1 Å². The van der Waals surface area contributed by atoms with Gasteiger partial charge in [0.25, 0.3) is 0 Å². The molecule has 0 aliphatic rings. The Morgan fingerprint density at radius 1 is 1.79 bits per heavy atom. The Bertz CT molecular complexity index is 325. The summed E-state index contributed by atoms with van der Waals surface area (Å²) in [5, 5.41) is 17.2. The molecule has 7 heteroatoms. The molecule has 1 N–H and O–H groups in total. The standard InChI is InChI=1S/C7H11ClN4O2/c1-9-3-2-4-11-5-6(8)7(10-11)12(13)14/h5,9H,2-4H2,1H3. The van der Waals surface area contributed by atoms with Gasteiger partial charge in [-0.05, 0) is 24.9 Å². The van der Waals surface area contributed by atoms with E-state index < -0.39 is 4.92 Å². The van der Waals surface area contributed by atoms with E-state index in [0.717, 1.165) is 13.0 Å². The third-order valence-electron chi connectivity index (χ3n) is 1.69. The molecule has 0 aliphatic heterocycles. The van der Waals surface area contributed by atoms with Crippen LogP contribution in [0.15, 0.2) is 6.20 Å². The first kappa shape index (κ1) is 10.9. The number of nitrogens with one attached hydrogen (secondary N) is 1. The van der Waals surface area contributed by atoms with Gasteiger partial charge in [-0.1, -0.05) is 11.6 Å². The number of nitro groups is 1. The predicted octanol–water partition coefficient (Wildman–Crippen LogP) is 1.05. The van der Waals surface area contributed by atoms with Crippen LogP contribution in [-0.2, 0) is 6.54 Å². The Labute approximate surface area is 86.0 Å². The van der Waals surface area contributed by atoms with Crippen molar-refractivity contribution in [3.05, 3.63) is 21.3 Å². The van der Waals surface area contributed by atoms with Gasteiger partial charge in [-0.25, -0.2) is 0 Å². The molecule has 14 heavy (non-hydrogen) atoms. The Kier molecular flexibility index (Phi) is 3.84. The van der Waals surface area contributed by atoms with E-state index in [-0.39, 0.29) is 10.8 Å². The molecule has 78 valence electrons. The van der Waals surface area contributed by atoms with Crippen molar-refractivity contribution in [1.29, 1.82) is 0 Å². The molecular formula is C7H11ClN4O2. The lowest BCUT2D eigenvalue weighted by molar-refractivity contribution is -0.389. The van der Waals surface area contributed by atoms with E-state index in [1.54, 1.807) is 0 Å². The summed E-state index contributed by atoms with van der Waals surface area (Å²) in [6.07, 6.45) is 2.32. The molecule has 1 heterocycles. The SMILES string of the molecule is CNCCCn1cc(Cl)c([N+](=O)[O-])n1. The van der Waals surface area contributed by atoms with Gasteiger partial charge in [0.15, 0.2) is 5.02 Å². The van der Waals surface area contributed by atoms with E-state index in [4.69, 9.17) is 11.6 Å². The first-order valence-electron chi connectivity index (χ1n) is 4.17. The topological polar surface area (TPSA) is 73.0 Å². The quantitative estimate of drug-likeness (QED) is 0.456. The number of halogens is 1. The zero-order valence-corrected chi connectivity index (χ0v) is 8.49. The molecule has 1 aromatic rings. The van der Waals surface area contributed by atoms with Crippen LogP contribution in [0, 0.1) is 10.1 Å². The molecule has 0 unspecified atom stereocenters. The molecule has 1 rings (SSSR count). The highest BCUT2D eigenvalue weighted by Gasteiger charge is 2.18. The van der Waals surface area contributed by atoms with Crippen LogP contribution in [0.2, 0.25) is 5.02 Å². The maximum Gasteiger partial charge on any atom is 0.408 e. The number of aryl methyl sites for hydroxylation is 1. The highest BCUT2D eigenvalue weighted by molar-refractivity contribution is 6.32. The lowest BCUT2D eigenvalue weighted by Crippen LogP contribution is -2.11. The van der Waals surface area contributed by atoms with E-state index in [1.807, 2.05) is 7.05 Å². The van der Waals surface area contributed by atoms with Crippen LogP contribution in [-0.4, -0.2) is 28.3 Å². The first-order valence-corrected chi connectivity index (χ1v) is 4.55. The van der Waals surface area contributed by atoms with Crippen LogP contribution in [0.3, 0.4) is 0 Å². The van der Waals surface area contributed by atoms with E-state index >= 15 is 0 Å². The summed E-state index contributed by atoms with van der Waals surface area (Å²) in [6.45, 7) is 1.46. The second-order valence-corrected chi connectivity index (χ2v) is 3.19. The summed E-state index contributed by atoms with van der Waals surface area (Å²) in [6, 6.07) is 0. The summed E-state index contributed by atoms with van der Waals surface area (Å²) in [4.78, 5) is 9.81. The number of hydrogen-bond acceptors (Lipinski definition) is 4. The number of nitrogens with zero attached hydrogens (tertiary/aromatic N) is 3. The van der Waals surface area contributed by atoms with Crippen molar-refractivity contribution in [3.63, 3.8) is 0 Å². The van der Waals surface area contributed by atoms with Gasteiger partial charge in [0.05, 0.1) is 17.8 Å². The van der Waals surface area contributed by atoms with Gasteiger partial charge >= 0.3 is 5.82 Å². The van der Waals surface area contributed by atoms with Gasteiger partial charge in [-0.15, -0.1) is 0 Å². The van der Waals surface area contributed by atoms with Gasteiger partial charge in [0.1, 0.15) is 0 Å². The normalized spacial score (nSPS) is 10.4. The van der Waals surface area contributed by atoms with Gasteiger partial charge in [-0.2, -0.15) is 4.68 Å². The Morgan fingerprint density at radius 2 is 2.50 bits per heavy atom. The first-order chi connectivity index (χ1) is 6.65. The van der Waals surface area contributed by atoms with Crippen molar-refractivity contribution in [3.8, 4) is 0 Å². The summed E-state index contributed by atoms with van der Waals surface area (Å²) in [5.74, 6) is -0.281. The minimum atomic E-state index is -0.586. The zero-order valence-electron chi connectivity index (χ0n) is 7.73. The molecule has 0 atom stereocenters. The molecule has 0 aliphatic carbocycles. The van der Waals surface area contributed by atoms with Crippen molar-refractivity contribution in [2.75, 3.05) is 13.6 Å². The predicted molar refractivity (Wildman–Crippen MR) is 52.4 cm³/mol.